The maximum Gasteiger partial charge on any atom is 0.255 e. The Balaban J connectivity index is 1.55. The van der Waals surface area contributed by atoms with Crippen molar-refractivity contribution in [2.24, 2.45) is 11.8 Å². The molecule has 3 aliphatic rings. The van der Waals surface area contributed by atoms with E-state index in [-0.39, 0.29) is 11.5 Å². The average Bonchev–Trinajstić information content (AvgIpc) is 2.64. The Morgan fingerprint density at radius 3 is 2.85 bits per heavy atom. The third kappa shape index (κ3) is 3.32. The summed E-state index contributed by atoms with van der Waals surface area (Å²) in [5, 5.41) is 3.35. The highest BCUT2D eigenvalue weighted by Gasteiger charge is 2.38. The molecule has 6 nitrogen and oxygen atoms in total. The second-order valence-corrected chi connectivity index (χ2v) is 8.52. The number of rotatable bonds is 3. The molecule has 1 amide bonds. The summed E-state index contributed by atoms with van der Waals surface area (Å²) in [6.45, 7) is 4.83. The maximum absolute atomic E-state index is 13.0. The van der Waals surface area contributed by atoms with Crippen molar-refractivity contribution in [3.05, 3.63) is 33.7 Å². The van der Waals surface area contributed by atoms with Crippen molar-refractivity contribution in [1.82, 2.24) is 19.7 Å². The molecule has 0 aromatic carbocycles. The van der Waals surface area contributed by atoms with Crippen LogP contribution < -0.4 is 10.9 Å². The van der Waals surface area contributed by atoms with Crippen LogP contribution in [0.1, 0.15) is 36.4 Å². The van der Waals surface area contributed by atoms with Gasteiger partial charge in [0, 0.05) is 49.9 Å². The SMILES string of the molecule is CN(C)Cc1ccc2n(c1=O)C[C@H]1C[C@@H]2CN(C(=O)[C@H]2CCCNC2)C1. The normalized spacial score (nSPS) is 28.1. The van der Waals surface area contributed by atoms with E-state index in [1.165, 1.54) is 0 Å². The monoisotopic (exact) mass is 358 g/mol. The lowest BCUT2D eigenvalue weighted by Crippen LogP contribution is -2.52. The lowest BCUT2D eigenvalue weighted by atomic mass is 9.82. The number of piperidine rings is 2. The molecule has 6 heteroatoms. The van der Waals surface area contributed by atoms with Crippen LogP contribution in [-0.4, -0.2) is 60.5 Å². The van der Waals surface area contributed by atoms with Crippen LogP contribution in [0.25, 0.3) is 0 Å². The molecule has 2 fully saturated rings. The van der Waals surface area contributed by atoms with E-state index >= 15 is 0 Å². The molecule has 1 N–H and O–H groups in total. The second kappa shape index (κ2) is 7.16. The van der Waals surface area contributed by atoms with Crippen molar-refractivity contribution in [3.8, 4) is 0 Å². The molecule has 3 atom stereocenters. The van der Waals surface area contributed by atoms with Crippen molar-refractivity contribution < 1.29 is 4.79 Å². The highest BCUT2D eigenvalue weighted by molar-refractivity contribution is 5.79. The van der Waals surface area contributed by atoms with Crippen LogP contribution in [-0.2, 0) is 17.9 Å². The number of fused-ring (bicyclic) bond motifs is 4. The smallest absolute Gasteiger partial charge is 0.255 e. The molecule has 1 aromatic heterocycles. The summed E-state index contributed by atoms with van der Waals surface area (Å²) in [6, 6.07) is 4.11. The summed E-state index contributed by atoms with van der Waals surface area (Å²) >= 11 is 0. The van der Waals surface area contributed by atoms with Gasteiger partial charge in [0.2, 0.25) is 5.91 Å². The van der Waals surface area contributed by atoms with E-state index in [1.807, 2.05) is 29.6 Å². The number of hydrogen-bond acceptors (Lipinski definition) is 4. The van der Waals surface area contributed by atoms with E-state index in [1.54, 1.807) is 0 Å². The van der Waals surface area contributed by atoms with Gasteiger partial charge in [0.15, 0.2) is 0 Å². The average molecular weight is 358 g/mol. The predicted molar refractivity (Wildman–Crippen MR) is 101 cm³/mol. The van der Waals surface area contributed by atoms with E-state index in [0.29, 0.717) is 24.3 Å². The third-order valence-corrected chi connectivity index (χ3v) is 6.13. The number of aromatic nitrogens is 1. The van der Waals surface area contributed by atoms with Gasteiger partial charge in [0.05, 0.1) is 5.92 Å². The number of pyridine rings is 1. The summed E-state index contributed by atoms with van der Waals surface area (Å²) in [4.78, 5) is 30.0. The Labute approximate surface area is 155 Å². The van der Waals surface area contributed by atoms with Crippen molar-refractivity contribution in [1.29, 1.82) is 0 Å². The zero-order chi connectivity index (χ0) is 18.3. The number of nitrogens with one attached hydrogen (secondary N) is 1. The lowest BCUT2D eigenvalue weighted by molar-refractivity contribution is -0.138. The fourth-order valence-electron chi connectivity index (χ4n) is 4.95. The number of carbonyl (C=O) groups excluding carboxylic acids is 1. The molecule has 2 saturated heterocycles. The first-order valence-electron chi connectivity index (χ1n) is 9.89. The highest BCUT2D eigenvalue weighted by Crippen LogP contribution is 2.36. The zero-order valence-corrected chi connectivity index (χ0v) is 15.9. The molecule has 2 bridgehead atoms. The standard InChI is InChI=1S/C20H30N4O2/c1-22(2)12-16-5-6-18-17-8-14(11-24(18)20(16)26)10-23(13-17)19(25)15-4-3-7-21-9-15/h5-6,14-15,17,21H,3-4,7-13H2,1-2H3/t14-,15-,17+/m0/s1. The number of carbonyl (C=O) groups is 1. The minimum Gasteiger partial charge on any atom is -0.341 e. The van der Waals surface area contributed by atoms with E-state index in [4.69, 9.17) is 0 Å². The van der Waals surface area contributed by atoms with Crippen molar-refractivity contribution >= 4 is 5.91 Å². The Kier molecular flexibility index (Phi) is 4.88. The number of likely N-dealkylation sites (tertiary alicyclic amines) is 1. The Morgan fingerprint density at radius 1 is 1.27 bits per heavy atom. The first-order chi connectivity index (χ1) is 12.5. The van der Waals surface area contributed by atoms with Gasteiger partial charge in [-0.15, -0.1) is 0 Å². The third-order valence-electron chi connectivity index (χ3n) is 6.13. The molecule has 0 aliphatic carbocycles. The van der Waals surface area contributed by atoms with E-state index in [9.17, 15) is 9.59 Å². The lowest BCUT2D eigenvalue weighted by Gasteiger charge is -2.44. The molecule has 0 saturated carbocycles. The van der Waals surface area contributed by atoms with Gasteiger partial charge in [-0.3, -0.25) is 9.59 Å². The summed E-state index contributed by atoms with van der Waals surface area (Å²) in [7, 11) is 3.98. The molecule has 4 heterocycles. The molecule has 1 aromatic rings. The zero-order valence-electron chi connectivity index (χ0n) is 15.9. The van der Waals surface area contributed by atoms with Crippen molar-refractivity contribution in [2.45, 2.75) is 38.3 Å². The summed E-state index contributed by atoms with van der Waals surface area (Å²) in [5.41, 5.74) is 2.13. The van der Waals surface area contributed by atoms with Gasteiger partial charge >= 0.3 is 0 Å². The summed E-state index contributed by atoms with van der Waals surface area (Å²) in [5.74, 6) is 1.14. The van der Waals surface area contributed by atoms with Crippen LogP contribution in [0.2, 0.25) is 0 Å². The van der Waals surface area contributed by atoms with E-state index in [0.717, 1.165) is 63.2 Å². The Bertz CT molecular complexity index is 736. The molecule has 4 rings (SSSR count). The molecule has 0 unspecified atom stereocenters. The quantitative estimate of drug-likeness (QED) is 0.871. The maximum atomic E-state index is 13.0. The van der Waals surface area contributed by atoms with Crippen LogP contribution in [0, 0.1) is 11.8 Å². The van der Waals surface area contributed by atoms with Gasteiger partial charge in [-0.25, -0.2) is 0 Å². The number of amides is 1. The Hall–Kier alpha value is -1.66. The van der Waals surface area contributed by atoms with Crippen molar-refractivity contribution in [3.63, 3.8) is 0 Å². The first kappa shape index (κ1) is 17.7. The second-order valence-electron chi connectivity index (χ2n) is 8.52. The largest absolute Gasteiger partial charge is 0.341 e. The predicted octanol–water partition coefficient (Wildman–Crippen LogP) is 0.855. The summed E-state index contributed by atoms with van der Waals surface area (Å²) in [6.07, 6.45) is 3.19. The fourth-order valence-corrected chi connectivity index (χ4v) is 4.95. The first-order valence-corrected chi connectivity index (χ1v) is 9.89. The fraction of sp³-hybridized carbons (Fsp3) is 0.700. The highest BCUT2D eigenvalue weighted by atomic mass is 16.2. The van der Waals surface area contributed by atoms with Crippen molar-refractivity contribution in [2.75, 3.05) is 40.3 Å². The van der Waals surface area contributed by atoms with E-state index in [2.05, 4.69) is 16.3 Å². The number of hydrogen-bond donors (Lipinski definition) is 1. The summed E-state index contributed by atoms with van der Waals surface area (Å²) < 4.78 is 1.99. The van der Waals surface area contributed by atoms with Gasteiger partial charge in [-0.2, -0.15) is 0 Å². The van der Waals surface area contributed by atoms with Crippen LogP contribution >= 0.6 is 0 Å². The minimum absolute atomic E-state index is 0.132. The number of nitrogens with zero attached hydrogens (tertiary/aromatic N) is 3. The van der Waals surface area contributed by atoms with Crippen LogP contribution in [0.4, 0.5) is 0 Å². The van der Waals surface area contributed by atoms with Crippen LogP contribution in [0.15, 0.2) is 16.9 Å². The van der Waals surface area contributed by atoms with Gasteiger partial charge in [-0.05, 0) is 51.9 Å². The van der Waals surface area contributed by atoms with Crippen LogP contribution in [0.3, 0.4) is 0 Å². The molecule has 0 radical (unpaired) electrons. The molecular weight excluding hydrogens is 328 g/mol. The molecule has 3 aliphatic heterocycles. The minimum atomic E-state index is 0.132. The van der Waals surface area contributed by atoms with E-state index < -0.39 is 0 Å². The Morgan fingerprint density at radius 2 is 2.12 bits per heavy atom. The van der Waals surface area contributed by atoms with Gasteiger partial charge < -0.3 is 19.7 Å². The molecule has 0 spiro atoms. The van der Waals surface area contributed by atoms with Gasteiger partial charge in [0.1, 0.15) is 0 Å². The molecule has 142 valence electrons. The van der Waals surface area contributed by atoms with Crippen LogP contribution in [0.5, 0.6) is 0 Å². The van der Waals surface area contributed by atoms with Gasteiger partial charge in [0.25, 0.3) is 5.56 Å². The molecule has 26 heavy (non-hydrogen) atoms. The topological polar surface area (TPSA) is 57.6 Å². The molecular formula is C20H30N4O2. The van der Waals surface area contributed by atoms with Gasteiger partial charge in [-0.1, -0.05) is 6.07 Å².